The molecule has 1 N–H and O–H groups in total. The van der Waals surface area contributed by atoms with Crippen LogP contribution < -0.4 is 4.72 Å². The molecule has 1 unspecified atom stereocenters. The zero-order chi connectivity index (χ0) is 16.8. The molecule has 2 heterocycles. The molecule has 24 heavy (non-hydrogen) atoms. The first-order chi connectivity index (χ1) is 11.6. The van der Waals surface area contributed by atoms with Crippen LogP contribution in [-0.2, 0) is 10.0 Å². The summed E-state index contributed by atoms with van der Waals surface area (Å²) in [4.78, 5) is 3.58. The fraction of sp³-hybridized carbons (Fsp3) is 0.333. The topological polar surface area (TPSA) is 49.4 Å². The lowest BCUT2D eigenvalue weighted by Gasteiger charge is -2.26. The van der Waals surface area contributed by atoms with Crippen molar-refractivity contribution in [2.24, 2.45) is 0 Å². The van der Waals surface area contributed by atoms with Crippen LogP contribution in [0.5, 0.6) is 0 Å². The number of likely N-dealkylation sites (tertiary alicyclic amines) is 1. The largest absolute Gasteiger partial charge is 0.294 e. The average molecular weight is 363 g/mol. The molecule has 1 aliphatic rings. The summed E-state index contributed by atoms with van der Waals surface area (Å²) in [5, 5.41) is 3.29. The van der Waals surface area contributed by atoms with Gasteiger partial charge in [-0.1, -0.05) is 36.4 Å². The molecule has 0 spiro atoms. The molecular weight excluding hydrogens is 340 g/mol. The Morgan fingerprint density at radius 2 is 1.88 bits per heavy atom. The van der Waals surface area contributed by atoms with Gasteiger partial charge < -0.3 is 0 Å². The maximum atomic E-state index is 12.3. The highest BCUT2D eigenvalue weighted by Gasteiger charge is 2.25. The van der Waals surface area contributed by atoms with Gasteiger partial charge in [-0.2, -0.15) is 0 Å². The van der Waals surface area contributed by atoms with Crippen LogP contribution >= 0.6 is 11.3 Å². The fourth-order valence-corrected chi connectivity index (χ4v) is 4.60. The predicted molar refractivity (Wildman–Crippen MR) is 100 cm³/mol. The summed E-state index contributed by atoms with van der Waals surface area (Å²) < 4.78 is 27.3. The molecule has 0 radical (unpaired) electrons. The number of hydrogen-bond acceptors (Lipinski definition) is 4. The van der Waals surface area contributed by atoms with E-state index in [0.29, 0.717) is 6.54 Å². The van der Waals surface area contributed by atoms with Gasteiger partial charge in [0.2, 0.25) is 10.0 Å². The van der Waals surface area contributed by atoms with E-state index >= 15 is 0 Å². The second-order valence-electron chi connectivity index (χ2n) is 5.88. The lowest BCUT2D eigenvalue weighted by atomic mass is 10.2. The second-order valence-corrected chi connectivity index (χ2v) is 8.51. The van der Waals surface area contributed by atoms with Crippen LogP contribution in [0.4, 0.5) is 0 Å². The van der Waals surface area contributed by atoms with Crippen LogP contribution in [0.3, 0.4) is 0 Å². The van der Waals surface area contributed by atoms with Crippen molar-refractivity contribution in [1.82, 2.24) is 9.62 Å². The minimum Gasteiger partial charge on any atom is -0.294 e. The summed E-state index contributed by atoms with van der Waals surface area (Å²) in [6, 6.07) is 13.7. The molecule has 1 aliphatic heterocycles. The highest BCUT2D eigenvalue weighted by molar-refractivity contribution is 7.92. The third kappa shape index (κ3) is 4.77. The molecule has 4 nitrogen and oxygen atoms in total. The van der Waals surface area contributed by atoms with E-state index in [0.717, 1.165) is 18.7 Å². The monoisotopic (exact) mass is 362 g/mol. The summed E-state index contributed by atoms with van der Waals surface area (Å²) >= 11 is 1.68. The Bertz CT molecular complexity index is 750. The molecule has 2 aromatic rings. The van der Waals surface area contributed by atoms with Gasteiger partial charge in [-0.3, -0.25) is 4.90 Å². The molecule has 0 bridgehead atoms. The fourth-order valence-electron chi connectivity index (χ4n) is 2.92. The van der Waals surface area contributed by atoms with Crippen LogP contribution in [-0.4, -0.2) is 33.0 Å². The summed E-state index contributed by atoms with van der Waals surface area (Å²) in [6.45, 7) is 2.47. The lowest BCUT2D eigenvalue weighted by Crippen LogP contribution is -2.35. The lowest BCUT2D eigenvalue weighted by molar-refractivity contribution is 0.250. The summed E-state index contributed by atoms with van der Waals surface area (Å²) in [6.07, 6.45) is 3.99. The number of benzene rings is 1. The van der Waals surface area contributed by atoms with Crippen molar-refractivity contribution in [3.8, 4) is 0 Å². The first-order valence-corrected chi connectivity index (χ1v) is 10.6. The third-order valence-corrected chi connectivity index (χ3v) is 6.21. The van der Waals surface area contributed by atoms with Gasteiger partial charge in [-0.25, -0.2) is 13.1 Å². The number of thiophene rings is 1. The zero-order valence-electron chi connectivity index (χ0n) is 13.5. The first kappa shape index (κ1) is 17.4. The predicted octanol–water partition coefficient (Wildman–Crippen LogP) is 3.48. The highest BCUT2D eigenvalue weighted by Crippen LogP contribution is 2.28. The van der Waals surface area contributed by atoms with Gasteiger partial charge in [-0.15, -0.1) is 11.3 Å². The van der Waals surface area contributed by atoms with Crippen molar-refractivity contribution in [3.63, 3.8) is 0 Å². The second kappa shape index (κ2) is 8.07. The smallest absolute Gasteiger partial charge is 0.233 e. The van der Waals surface area contributed by atoms with Crippen LogP contribution in [0.1, 0.15) is 29.3 Å². The van der Waals surface area contributed by atoms with E-state index in [1.54, 1.807) is 17.4 Å². The van der Waals surface area contributed by atoms with E-state index in [4.69, 9.17) is 0 Å². The highest BCUT2D eigenvalue weighted by atomic mass is 32.2. The third-order valence-electron chi connectivity index (χ3n) is 4.17. The van der Waals surface area contributed by atoms with Gasteiger partial charge >= 0.3 is 0 Å². The molecule has 1 atom stereocenters. The van der Waals surface area contributed by atoms with Gasteiger partial charge in [-0.05, 0) is 49.0 Å². The van der Waals surface area contributed by atoms with Gasteiger partial charge in [0.1, 0.15) is 0 Å². The van der Waals surface area contributed by atoms with Crippen molar-refractivity contribution in [2.75, 3.05) is 19.6 Å². The molecule has 0 amide bonds. The summed E-state index contributed by atoms with van der Waals surface area (Å²) in [7, 11) is -3.45. The van der Waals surface area contributed by atoms with Crippen LogP contribution in [0.2, 0.25) is 0 Å². The maximum Gasteiger partial charge on any atom is 0.233 e. The summed E-state index contributed by atoms with van der Waals surface area (Å²) in [5.41, 5.74) is 0.872. The van der Waals surface area contributed by atoms with Gasteiger partial charge in [0, 0.05) is 16.8 Å². The molecule has 0 aliphatic carbocycles. The number of rotatable bonds is 7. The Balaban J connectivity index is 1.66. The normalized spacial score (nSPS) is 17.5. The van der Waals surface area contributed by atoms with Crippen molar-refractivity contribution >= 4 is 27.4 Å². The van der Waals surface area contributed by atoms with Crippen LogP contribution in [0, 0.1) is 0 Å². The van der Waals surface area contributed by atoms with E-state index in [2.05, 4.69) is 15.7 Å². The van der Waals surface area contributed by atoms with E-state index in [1.165, 1.54) is 23.1 Å². The molecule has 3 rings (SSSR count). The SMILES string of the molecule is O=S(=O)(/C=C/c1ccccc1)NCC(c1cccs1)N1CCCC1. The van der Waals surface area contributed by atoms with Crippen LogP contribution in [0.25, 0.3) is 6.08 Å². The van der Waals surface area contributed by atoms with Crippen molar-refractivity contribution < 1.29 is 8.42 Å². The standard InChI is InChI=1S/C18H22N2O2S2/c21-24(22,14-10-16-7-2-1-3-8-16)19-15-17(18-9-6-13-23-18)20-11-4-5-12-20/h1-3,6-10,13-14,17,19H,4-5,11-12,15H2/b14-10+. The molecule has 1 saturated heterocycles. The van der Waals surface area contributed by atoms with Crippen molar-refractivity contribution in [2.45, 2.75) is 18.9 Å². The van der Waals surface area contributed by atoms with Crippen molar-refractivity contribution in [1.29, 1.82) is 0 Å². The molecule has 1 aromatic heterocycles. The first-order valence-electron chi connectivity index (χ1n) is 8.14. The quantitative estimate of drug-likeness (QED) is 0.820. The molecule has 0 saturated carbocycles. The Labute approximate surface area is 147 Å². The Kier molecular flexibility index (Phi) is 5.84. The molecule has 1 aromatic carbocycles. The van der Waals surface area contributed by atoms with Gasteiger partial charge in [0.15, 0.2) is 0 Å². The number of hydrogen-bond donors (Lipinski definition) is 1. The van der Waals surface area contributed by atoms with Crippen LogP contribution in [0.15, 0.2) is 53.3 Å². The minimum absolute atomic E-state index is 0.118. The van der Waals surface area contributed by atoms with Gasteiger partial charge in [0.25, 0.3) is 0 Å². The Morgan fingerprint density at radius 3 is 2.54 bits per heavy atom. The zero-order valence-corrected chi connectivity index (χ0v) is 15.1. The molecular formula is C18H22N2O2S2. The molecule has 6 heteroatoms. The molecule has 1 fully saturated rings. The Hall–Kier alpha value is -1.47. The average Bonchev–Trinajstić information content (AvgIpc) is 3.28. The maximum absolute atomic E-state index is 12.3. The Morgan fingerprint density at radius 1 is 1.12 bits per heavy atom. The number of nitrogens with one attached hydrogen (secondary N) is 1. The molecule has 128 valence electrons. The minimum atomic E-state index is -3.45. The van der Waals surface area contributed by atoms with E-state index in [-0.39, 0.29) is 6.04 Å². The van der Waals surface area contributed by atoms with Gasteiger partial charge in [0.05, 0.1) is 6.04 Å². The number of nitrogens with zero attached hydrogens (tertiary/aromatic N) is 1. The number of sulfonamides is 1. The van der Waals surface area contributed by atoms with Crippen molar-refractivity contribution in [3.05, 3.63) is 63.7 Å². The van der Waals surface area contributed by atoms with E-state index in [1.807, 2.05) is 41.8 Å². The van der Waals surface area contributed by atoms with E-state index < -0.39 is 10.0 Å². The summed E-state index contributed by atoms with van der Waals surface area (Å²) in [5.74, 6) is 0. The van der Waals surface area contributed by atoms with E-state index in [9.17, 15) is 8.42 Å².